The molecule has 9 heteroatoms. The topological polar surface area (TPSA) is 74.2 Å². The molecule has 5 rings (SSSR count). The lowest BCUT2D eigenvalue weighted by Gasteiger charge is -2.35. The lowest BCUT2D eigenvalue weighted by Crippen LogP contribution is -2.49. The molecule has 0 aliphatic carbocycles. The highest BCUT2D eigenvalue weighted by atomic mass is 79.9. The van der Waals surface area contributed by atoms with E-state index in [2.05, 4.69) is 41.1 Å². The number of hydrogen-bond acceptors (Lipinski definition) is 7. The number of rotatable bonds is 5. The maximum atomic E-state index is 13.0. The van der Waals surface area contributed by atoms with Gasteiger partial charge in [-0.1, -0.05) is 6.07 Å². The number of aromatic nitrogens is 3. The number of carbonyl (C=O) groups excluding carboxylic acids is 1. The Morgan fingerprint density at radius 2 is 1.73 bits per heavy atom. The van der Waals surface area contributed by atoms with Gasteiger partial charge >= 0.3 is 0 Å². The zero-order chi connectivity index (χ0) is 22.6. The summed E-state index contributed by atoms with van der Waals surface area (Å²) >= 11 is 5.11. The fourth-order valence-electron chi connectivity index (χ4n) is 3.70. The molecule has 1 aliphatic heterocycles. The van der Waals surface area contributed by atoms with Crippen LogP contribution in [0.15, 0.2) is 76.8 Å². The summed E-state index contributed by atoms with van der Waals surface area (Å²) in [6, 6.07) is 19.3. The third kappa shape index (κ3) is 5.04. The molecule has 0 bridgehead atoms. The molecule has 33 heavy (non-hydrogen) atoms. The Morgan fingerprint density at radius 3 is 2.42 bits per heavy atom. The van der Waals surface area contributed by atoms with Gasteiger partial charge in [-0.25, -0.2) is 15.0 Å². The predicted molar refractivity (Wildman–Crippen MR) is 135 cm³/mol. The lowest BCUT2D eigenvalue weighted by molar-refractivity contribution is 0.0746. The summed E-state index contributed by atoms with van der Waals surface area (Å²) in [5.74, 6) is 1.52. The van der Waals surface area contributed by atoms with Gasteiger partial charge in [0.15, 0.2) is 0 Å². The Labute approximate surface area is 204 Å². The van der Waals surface area contributed by atoms with E-state index in [9.17, 15) is 4.79 Å². The summed E-state index contributed by atoms with van der Waals surface area (Å²) in [7, 11) is 0. The Morgan fingerprint density at radius 1 is 0.909 bits per heavy atom. The molecule has 1 aliphatic rings. The predicted octanol–water partition coefficient (Wildman–Crippen LogP) is 5.07. The van der Waals surface area contributed by atoms with Crippen molar-refractivity contribution in [3.8, 4) is 10.6 Å². The van der Waals surface area contributed by atoms with Crippen molar-refractivity contribution in [1.82, 2.24) is 19.9 Å². The first kappa shape index (κ1) is 21.5. The summed E-state index contributed by atoms with van der Waals surface area (Å²) < 4.78 is 1.06. The van der Waals surface area contributed by atoms with E-state index in [1.807, 2.05) is 65.6 Å². The molecule has 7 nitrogen and oxygen atoms in total. The second kappa shape index (κ2) is 9.68. The highest BCUT2D eigenvalue weighted by Gasteiger charge is 2.22. The Kier molecular flexibility index (Phi) is 6.32. The Balaban J connectivity index is 1.21. The minimum Gasteiger partial charge on any atom is -0.353 e. The Bertz CT molecular complexity index is 1240. The van der Waals surface area contributed by atoms with Gasteiger partial charge in [0.1, 0.15) is 5.82 Å². The van der Waals surface area contributed by atoms with Crippen LogP contribution in [0.4, 0.5) is 17.5 Å². The molecule has 1 saturated heterocycles. The number of nitrogens with one attached hydrogen (secondary N) is 1. The minimum absolute atomic E-state index is 0.0451. The summed E-state index contributed by atoms with van der Waals surface area (Å²) in [6.45, 7) is 2.90. The van der Waals surface area contributed by atoms with Gasteiger partial charge in [0.05, 0.1) is 14.4 Å². The van der Waals surface area contributed by atoms with Crippen LogP contribution in [0.25, 0.3) is 10.6 Å². The van der Waals surface area contributed by atoms with Crippen LogP contribution in [-0.2, 0) is 0 Å². The number of hydrogen-bond donors (Lipinski definition) is 1. The van der Waals surface area contributed by atoms with Crippen molar-refractivity contribution in [2.75, 3.05) is 36.4 Å². The number of amides is 1. The summed E-state index contributed by atoms with van der Waals surface area (Å²) in [6.07, 6.45) is 3.53. The van der Waals surface area contributed by atoms with Crippen molar-refractivity contribution >= 4 is 50.6 Å². The minimum atomic E-state index is 0.0451. The van der Waals surface area contributed by atoms with Crippen LogP contribution >= 0.6 is 27.3 Å². The van der Waals surface area contributed by atoms with Crippen molar-refractivity contribution < 1.29 is 4.79 Å². The van der Waals surface area contributed by atoms with Crippen LogP contribution in [0, 0.1) is 0 Å². The second-order valence-electron chi connectivity index (χ2n) is 7.54. The van der Waals surface area contributed by atoms with Gasteiger partial charge in [0, 0.05) is 49.8 Å². The van der Waals surface area contributed by atoms with Crippen LogP contribution in [-0.4, -0.2) is 51.9 Å². The van der Waals surface area contributed by atoms with Crippen molar-refractivity contribution in [3.63, 3.8) is 0 Å². The van der Waals surface area contributed by atoms with Gasteiger partial charge < -0.3 is 15.1 Å². The maximum absolute atomic E-state index is 13.0. The molecule has 1 amide bonds. The summed E-state index contributed by atoms with van der Waals surface area (Å²) in [5.41, 5.74) is 2.36. The van der Waals surface area contributed by atoms with E-state index in [-0.39, 0.29) is 5.91 Å². The van der Waals surface area contributed by atoms with E-state index in [0.29, 0.717) is 24.6 Å². The average molecular weight is 521 g/mol. The highest BCUT2D eigenvalue weighted by Crippen LogP contribution is 2.30. The first-order valence-corrected chi connectivity index (χ1v) is 12.2. The molecular weight excluding hydrogens is 500 g/mol. The number of nitrogens with zero attached hydrogens (tertiary/aromatic N) is 5. The SMILES string of the molecule is O=C(c1ccc(Nc2nccc(-c3ccc(Br)s3)n2)cc1)N1CCN(c2ccccn2)CC1. The molecule has 1 fully saturated rings. The maximum Gasteiger partial charge on any atom is 0.253 e. The van der Waals surface area contributed by atoms with Crippen molar-refractivity contribution in [2.45, 2.75) is 0 Å². The number of halogens is 1. The van der Waals surface area contributed by atoms with Gasteiger partial charge in [-0.15, -0.1) is 11.3 Å². The largest absolute Gasteiger partial charge is 0.353 e. The number of piperazine rings is 1. The number of carbonyl (C=O) groups is 1. The van der Waals surface area contributed by atoms with Gasteiger partial charge in [-0.3, -0.25) is 4.79 Å². The van der Waals surface area contributed by atoms with Crippen LogP contribution in [0.5, 0.6) is 0 Å². The van der Waals surface area contributed by atoms with Gasteiger partial charge in [-0.05, 0) is 70.5 Å². The van der Waals surface area contributed by atoms with Gasteiger partial charge in [-0.2, -0.15) is 0 Å². The first-order chi connectivity index (χ1) is 16.2. The van der Waals surface area contributed by atoms with Crippen LogP contribution in [0.1, 0.15) is 10.4 Å². The van der Waals surface area contributed by atoms with E-state index in [1.165, 1.54) is 0 Å². The van der Waals surface area contributed by atoms with Gasteiger partial charge in [0.2, 0.25) is 5.95 Å². The number of pyridine rings is 1. The molecule has 1 aromatic carbocycles. The van der Waals surface area contributed by atoms with Crippen LogP contribution in [0.2, 0.25) is 0 Å². The highest BCUT2D eigenvalue weighted by molar-refractivity contribution is 9.11. The van der Waals surface area contributed by atoms with Crippen LogP contribution < -0.4 is 10.2 Å². The molecule has 4 heterocycles. The fourth-order valence-corrected chi connectivity index (χ4v) is 5.05. The van der Waals surface area contributed by atoms with Crippen molar-refractivity contribution in [3.05, 3.63) is 82.4 Å². The quantitative estimate of drug-likeness (QED) is 0.396. The molecule has 166 valence electrons. The number of benzene rings is 1. The third-order valence-corrected chi connectivity index (χ3v) is 7.06. The second-order valence-corrected chi connectivity index (χ2v) is 10.0. The molecule has 0 radical (unpaired) electrons. The average Bonchev–Trinajstić information content (AvgIpc) is 3.31. The fraction of sp³-hybridized carbons (Fsp3) is 0.167. The smallest absolute Gasteiger partial charge is 0.253 e. The van der Waals surface area contributed by atoms with E-state index in [4.69, 9.17) is 0 Å². The van der Waals surface area contributed by atoms with Crippen molar-refractivity contribution in [2.24, 2.45) is 0 Å². The summed E-state index contributed by atoms with van der Waals surface area (Å²) in [5, 5.41) is 3.22. The van der Waals surface area contributed by atoms with E-state index in [0.717, 1.165) is 39.0 Å². The zero-order valence-corrected chi connectivity index (χ0v) is 20.1. The molecule has 0 unspecified atom stereocenters. The van der Waals surface area contributed by atoms with E-state index in [1.54, 1.807) is 23.7 Å². The molecular formula is C24H21BrN6OS. The van der Waals surface area contributed by atoms with E-state index >= 15 is 0 Å². The van der Waals surface area contributed by atoms with E-state index < -0.39 is 0 Å². The third-order valence-electron chi connectivity index (χ3n) is 5.41. The molecule has 4 aromatic rings. The number of anilines is 3. The number of thiophene rings is 1. The Hall–Kier alpha value is -3.30. The zero-order valence-electron chi connectivity index (χ0n) is 17.7. The normalized spacial score (nSPS) is 13.7. The molecule has 3 aromatic heterocycles. The van der Waals surface area contributed by atoms with Crippen LogP contribution in [0.3, 0.4) is 0 Å². The van der Waals surface area contributed by atoms with Crippen molar-refractivity contribution in [1.29, 1.82) is 0 Å². The molecule has 1 N–H and O–H groups in total. The molecule has 0 atom stereocenters. The lowest BCUT2D eigenvalue weighted by atomic mass is 10.1. The summed E-state index contributed by atoms with van der Waals surface area (Å²) in [4.78, 5) is 31.4. The monoisotopic (exact) mass is 520 g/mol. The van der Waals surface area contributed by atoms with Gasteiger partial charge in [0.25, 0.3) is 5.91 Å². The first-order valence-electron chi connectivity index (χ1n) is 10.6. The molecule has 0 spiro atoms. The molecule has 0 saturated carbocycles. The standard InChI is InChI=1S/C24H21BrN6OS/c25-21-9-8-20(33-21)19-10-12-27-24(29-19)28-18-6-4-17(5-7-18)23(32)31-15-13-30(14-16-31)22-3-1-2-11-26-22/h1-12H,13-16H2,(H,27,28,29).